The molecule has 122 valence electrons. The van der Waals surface area contributed by atoms with Crippen molar-refractivity contribution in [2.24, 2.45) is 0 Å². The number of methoxy groups -OCH3 is 1. The quantitative estimate of drug-likeness (QED) is 0.798. The summed E-state index contributed by atoms with van der Waals surface area (Å²) in [6.45, 7) is 2.12. The highest BCUT2D eigenvalue weighted by atomic mass is 32.2. The Hall–Kier alpha value is -1.44. The standard InChI is InChI=1S/C15H21NO5S/c1-11-4-5-12(10-13(11)14(17)18)22(19,20)16-15(6-3-7-15)8-9-21-2/h4-5,10,16H,3,6-9H2,1-2H3,(H,17,18). The molecule has 1 aromatic rings. The van der Waals surface area contributed by atoms with Crippen LogP contribution in [-0.4, -0.2) is 38.7 Å². The van der Waals surface area contributed by atoms with Crippen LogP contribution in [0.25, 0.3) is 0 Å². The molecule has 2 N–H and O–H groups in total. The number of carbonyl (C=O) groups is 1. The zero-order valence-electron chi connectivity index (χ0n) is 12.8. The number of hydrogen-bond donors (Lipinski definition) is 2. The molecule has 1 saturated carbocycles. The summed E-state index contributed by atoms with van der Waals surface area (Å²) in [4.78, 5) is 11.1. The molecule has 22 heavy (non-hydrogen) atoms. The van der Waals surface area contributed by atoms with E-state index in [1.165, 1.54) is 18.2 Å². The second-order valence-electron chi connectivity index (χ2n) is 5.76. The maximum atomic E-state index is 12.5. The number of carboxylic acids is 1. The normalized spacial score (nSPS) is 17.0. The van der Waals surface area contributed by atoms with E-state index in [0.717, 1.165) is 19.3 Å². The van der Waals surface area contributed by atoms with Crippen molar-refractivity contribution in [3.63, 3.8) is 0 Å². The lowest BCUT2D eigenvalue weighted by Crippen LogP contribution is -2.53. The minimum Gasteiger partial charge on any atom is -0.478 e. The van der Waals surface area contributed by atoms with Crippen molar-refractivity contribution >= 4 is 16.0 Å². The second-order valence-corrected chi connectivity index (χ2v) is 7.45. The number of hydrogen-bond acceptors (Lipinski definition) is 4. The fourth-order valence-corrected chi connectivity index (χ4v) is 4.16. The molecule has 0 unspecified atom stereocenters. The lowest BCUT2D eigenvalue weighted by atomic mass is 9.75. The largest absolute Gasteiger partial charge is 0.478 e. The van der Waals surface area contributed by atoms with Crippen LogP contribution in [0.3, 0.4) is 0 Å². The first kappa shape index (κ1) is 16.9. The summed E-state index contributed by atoms with van der Waals surface area (Å²) in [5.74, 6) is -1.13. The number of benzene rings is 1. The molecular formula is C15H21NO5S. The predicted molar refractivity (Wildman–Crippen MR) is 81.5 cm³/mol. The van der Waals surface area contributed by atoms with Crippen LogP contribution in [0.1, 0.15) is 41.6 Å². The van der Waals surface area contributed by atoms with E-state index in [1.807, 2.05) is 0 Å². The van der Waals surface area contributed by atoms with Gasteiger partial charge in [0.2, 0.25) is 10.0 Å². The van der Waals surface area contributed by atoms with Crippen LogP contribution in [0.4, 0.5) is 0 Å². The molecule has 0 atom stereocenters. The van der Waals surface area contributed by atoms with Crippen molar-refractivity contribution in [3.05, 3.63) is 29.3 Å². The fraction of sp³-hybridized carbons (Fsp3) is 0.533. The molecule has 0 amide bonds. The third-order valence-corrected chi connectivity index (χ3v) is 5.77. The Balaban J connectivity index is 2.27. The summed E-state index contributed by atoms with van der Waals surface area (Å²) in [6, 6.07) is 4.16. The molecule has 0 aromatic heterocycles. The Kier molecular flexibility index (Phi) is 4.89. The van der Waals surface area contributed by atoms with Crippen LogP contribution in [0, 0.1) is 6.92 Å². The second kappa shape index (κ2) is 6.36. The van der Waals surface area contributed by atoms with Crippen LogP contribution in [-0.2, 0) is 14.8 Å². The first-order valence-electron chi connectivity index (χ1n) is 7.16. The van der Waals surface area contributed by atoms with Crippen molar-refractivity contribution in [2.75, 3.05) is 13.7 Å². The molecule has 0 radical (unpaired) electrons. The van der Waals surface area contributed by atoms with Gasteiger partial charge in [-0.2, -0.15) is 0 Å². The molecule has 0 saturated heterocycles. The highest BCUT2D eigenvalue weighted by Crippen LogP contribution is 2.36. The van der Waals surface area contributed by atoms with Crippen molar-refractivity contribution < 1.29 is 23.1 Å². The van der Waals surface area contributed by atoms with Crippen LogP contribution in [0.5, 0.6) is 0 Å². The lowest BCUT2D eigenvalue weighted by Gasteiger charge is -2.42. The molecule has 0 heterocycles. The molecule has 0 bridgehead atoms. The third kappa shape index (κ3) is 3.48. The Morgan fingerprint density at radius 2 is 2.09 bits per heavy atom. The SMILES string of the molecule is COCCC1(NS(=O)(=O)c2ccc(C)c(C(=O)O)c2)CCC1. The number of sulfonamides is 1. The fourth-order valence-electron chi connectivity index (χ4n) is 2.65. The average Bonchev–Trinajstić information content (AvgIpc) is 2.41. The highest BCUT2D eigenvalue weighted by Gasteiger charge is 2.40. The van der Waals surface area contributed by atoms with Crippen LogP contribution < -0.4 is 4.72 Å². The summed E-state index contributed by atoms with van der Waals surface area (Å²) < 4.78 is 32.9. The van der Waals surface area contributed by atoms with E-state index in [0.29, 0.717) is 18.6 Å². The first-order valence-corrected chi connectivity index (χ1v) is 8.65. The van der Waals surface area contributed by atoms with Gasteiger partial charge in [0.25, 0.3) is 0 Å². The molecule has 1 aliphatic rings. The summed E-state index contributed by atoms with van der Waals surface area (Å²) in [5.41, 5.74) is 0.0648. The first-order chi connectivity index (χ1) is 10.3. The summed E-state index contributed by atoms with van der Waals surface area (Å²) >= 11 is 0. The van der Waals surface area contributed by atoms with Crippen molar-refractivity contribution in [1.29, 1.82) is 0 Å². The van der Waals surface area contributed by atoms with Gasteiger partial charge < -0.3 is 9.84 Å². The van der Waals surface area contributed by atoms with E-state index < -0.39 is 21.5 Å². The topological polar surface area (TPSA) is 92.7 Å². The maximum Gasteiger partial charge on any atom is 0.335 e. The Morgan fingerprint density at radius 1 is 1.41 bits per heavy atom. The number of carboxylic acid groups (broad SMARTS) is 1. The zero-order valence-corrected chi connectivity index (χ0v) is 13.6. The Labute approximate surface area is 130 Å². The molecule has 6 nitrogen and oxygen atoms in total. The number of nitrogens with one attached hydrogen (secondary N) is 1. The Bertz CT molecular complexity index is 665. The summed E-state index contributed by atoms with van der Waals surface area (Å²) in [5, 5.41) is 9.13. The summed E-state index contributed by atoms with van der Waals surface area (Å²) in [6.07, 6.45) is 3.13. The Morgan fingerprint density at radius 3 is 2.59 bits per heavy atom. The number of aryl methyl sites for hydroxylation is 1. The van der Waals surface area contributed by atoms with E-state index in [4.69, 9.17) is 9.84 Å². The molecule has 1 aliphatic carbocycles. The molecule has 1 fully saturated rings. The third-order valence-electron chi connectivity index (χ3n) is 4.20. The average molecular weight is 327 g/mol. The predicted octanol–water partition coefficient (Wildman–Crippen LogP) is 1.93. The van der Waals surface area contributed by atoms with Crippen LogP contribution in [0.15, 0.2) is 23.1 Å². The van der Waals surface area contributed by atoms with Gasteiger partial charge >= 0.3 is 5.97 Å². The monoisotopic (exact) mass is 327 g/mol. The van der Waals surface area contributed by atoms with Crippen molar-refractivity contribution in [1.82, 2.24) is 4.72 Å². The molecule has 1 aromatic carbocycles. The van der Waals surface area contributed by atoms with E-state index in [2.05, 4.69) is 4.72 Å². The summed E-state index contributed by atoms with van der Waals surface area (Å²) in [7, 11) is -2.17. The van der Waals surface area contributed by atoms with Gasteiger partial charge in [-0.25, -0.2) is 17.9 Å². The van der Waals surface area contributed by atoms with E-state index in [9.17, 15) is 13.2 Å². The maximum absolute atomic E-state index is 12.5. The minimum atomic E-state index is -3.75. The number of ether oxygens (including phenoxy) is 1. The van der Waals surface area contributed by atoms with E-state index in [1.54, 1.807) is 14.0 Å². The van der Waals surface area contributed by atoms with Crippen LogP contribution >= 0.6 is 0 Å². The smallest absolute Gasteiger partial charge is 0.335 e. The highest BCUT2D eigenvalue weighted by molar-refractivity contribution is 7.89. The van der Waals surface area contributed by atoms with E-state index >= 15 is 0 Å². The van der Waals surface area contributed by atoms with Gasteiger partial charge in [-0.15, -0.1) is 0 Å². The molecule has 0 spiro atoms. The zero-order chi connectivity index (χ0) is 16.4. The molecule has 7 heteroatoms. The van der Waals surface area contributed by atoms with Gasteiger partial charge in [0, 0.05) is 19.3 Å². The van der Waals surface area contributed by atoms with Gasteiger partial charge in [0.1, 0.15) is 0 Å². The molecule has 2 rings (SSSR count). The van der Waals surface area contributed by atoms with Gasteiger partial charge in [0.15, 0.2) is 0 Å². The van der Waals surface area contributed by atoms with Gasteiger partial charge in [-0.3, -0.25) is 0 Å². The van der Waals surface area contributed by atoms with Crippen molar-refractivity contribution in [3.8, 4) is 0 Å². The van der Waals surface area contributed by atoms with Crippen molar-refractivity contribution in [2.45, 2.75) is 43.0 Å². The minimum absolute atomic E-state index is 0.00225. The van der Waals surface area contributed by atoms with Gasteiger partial charge in [-0.1, -0.05) is 6.07 Å². The van der Waals surface area contributed by atoms with Gasteiger partial charge in [-0.05, 0) is 50.3 Å². The number of rotatable bonds is 7. The van der Waals surface area contributed by atoms with Crippen LogP contribution in [0.2, 0.25) is 0 Å². The number of aromatic carboxylic acids is 1. The van der Waals surface area contributed by atoms with E-state index in [-0.39, 0.29) is 10.5 Å². The molecular weight excluding hydrogens is 306 g/mol. The molecule has 0 aliphatic heterocycles. The van der Waals surface area contributed by atoms with Gasteiger partial charge in [0.05, 0.1) is 10.5 Å². The lowest BCUT2D eigenvalue weighted by molar-refractivity contribution is 0.0696.